The topological polar surface area (TPSA) is 113 Å². The minimum Gasteiger partial charge on any atom is -0.480 e. The summed E-state index contributed by atoms with van der Waals surface area (Å²) in [5.74, 6) is -1.52. The summed E-state index contributed by atoms with van der Waals surface area (Å²) < 4.78 is 0. The third kappa shape index (κ3) is 3.59. The number of carboxylic acid groups (broad SMARTS) is 1. The van der Waals surface area contributed by atoms with E-state index in [1.807, 2.05) is 0 Å². The Labute approximate surface area is 112 Å². The summed E-state index contributed by atoms with van der Waals surface area (Å²) >= 11 is 0. The molecule has 108 valence electrons. The quantitative estimate of drug-likeness (QED) is 0.682. The van der Waals surface area contributed by atoms with Gasteiger partial charge in [-0.2, -0.15) is 0 Å². The molecule has 1 rings (SSSR count). The first-order valence-electron chi connectivity index (χ1n) is 6.37. The Morgan fingerprint density at radius 3 is 2.58 bits per heavy atom. The Kier molecular flexibility index (Phi) is 4.74. The van der Waals surface area contributed by atoms with Crippen LogP contribution in [0.15, 0.2) is 0 Å². The molecule has 0 saturated carbocycles. The molecule has 1 aliphatic rings. The first-order valence-corrected chi connectivity index (χ1v) is 6.37. The standard InChI is InChI=1S/C12H21N3O4/c1-8(7-9(13)16)14-11(19)15-6-4-3-5-12(15,2)10(17)18/h8H,3-7H2,1-2H3,(H2,13,16)(H,14,19)(H,17,18). The van der Waals surface area contributed by atoms with Gasteiger partial charge in [-0.25, -0.2) is 9.59 Å². The van der Waals surface area contributed by atoms with Crippen LogP contribution in [0, 0.1) is 0 Å². The summed E-state index contributed by atoms with van der Waals surface area (Å²) in [7, 11) is 0. The number of hydrogen-bond donors (Lipinski definition) is 3. The highest BCUT2D eigenvalue weighted by molar-refractivity contribution is 5.86. The van der Waals surface area contributed by atoms with Crippen LogP contribution in [0.25, 0.3) is 0 Å². The predicted molar refractivity (Wildman–Crippen MR) is 68.4 cm³/mol. The molecule has 0 radical (unpaired) electrons. The number of aliphatic carboxylic acids is 1. The van der Waals surface area contributed by atoms with Crippen molar-refractivity contribution in [1.29, 1.82) is 0 Å². The van der Waals surface area contributed by atoms with Gasteiger partial charge in [0, 0.05) is 19.0 Å². The number of nitrogens with two attached hydrogens (primary N) is 1. The molecule has 1 fully saturated rings. The Morgan fingerprint density at radius 1 is 1.42 bits per heavy atom. The van der Waals surface area contributed by atoms with Crippen LogP contribution in [0.2, 0.25) is 0 Å². The van der Waals surface area contributed by atoms with Crippen LogP contribution in [0.5, 0.6) is 0 Å². The zero-order valence-corrected chi connectivity index (χ0v) is 11.3. The molecule has 0 aromatic carbocycles. The lowest BCUT2D eigenvalue weighted by molar-refractivity contribution is -0.150. The van der Waals surface area contributed by atoms with Crippen molar-refractivity contribution in [1.82, 2.24) is 10.2 Å². The van der Waals surface area contributed by atoms with Crippen LogP contribution in [0.3, 0.4) is 0 Å². The van der Waals surface area contributed by atoms with Gasteiger partial charge >= 0.3 is 12.0 Å². The molecule has 2 atom stereocenters. The van der Waals surface area contributed by atoms with Crippen LogP contribution >= 0.6 is 0 Å². The molecule has 3 amide bonds. The Bertz CT molecular complexity index is 385. The van der Waals surface area contributed by atoms with E-state index in [9.17, 15) is 19.5 Å². The fourth-order valence-corrected chi connectivity index (χ4v) is 2.31. The monoisotopic (exact) mass is 271 g/mol. The van der Waals surface area contributed by atoms with Gasteiger partial charge in [-0.15, -0.1) is 0 Å². The van der Waals surface area contributed by atoms with Crippen molar-refractivity contribution in [2.45, 2.75) is 51.1 Å². The van der Waals surface area contributed by atoms with Gasteiger partial charge in [0.25, 0.3) is 0 Å². The fourth-order valence-electron chi connectivity index (χ4n) is 2.31. The number of rotatable bonds is 4. The lowest BCUT2D eigenvalue weighted by atomic mass is 9.89. The maximum atomic E-state index is 12.1. The average Bonchev–Trinajstić information content (AvgIpc) is 2.27. The molecule has 7 heteroatoms. The minimum atomic E-state index is -1.19. The zero-order chi connectivity index (χ0) is 14.6. The molecular weight excluding hydrogens is 250 g/mol. The van der Waals surface area contributed by atoms with E-state index in [4.69, 9.17) is 5.73 Å². The second kappa shape index (κ2) is 5.90. The number of carboxylic acids is 1. The lowest BCUT2D eigenvalue weighted by Crippen LogP contribution is -2.60. The van der Waals surface area contributed by atoms with Crippen molar-refractivity contribution in [3.63, 3.8) is 0 Å². The molecule has 1 saturated heterocycles. The van der Waals surface area contributed by atoms with Gasteiger partial charge in [0.15, 0.2) is 0 Å². The molecule has 1 aliphatic heterocycles. The number of urea groups is 1. The van der Waals surface area contributed by atoms with E-state index >= 15 is 0 Å². The fraction of sp³-hybridized carbons (Fsp3) is 0.750. The van der Waals surface area contributed by atoms with Gasteiger partial charge in [0.2, 0.25) is 5.91 Å². The van der Waals surface area contributed by atoms with Crippen molar-refractivity contribution in [2.75, 3.05) is 6.54 Å². The number of likely N-dealkylation sites (tertiary alicyclic amines) is 1. The number of primary amides is 1. The van der Waals surface area contributed by atoms with E-state index in [0.717, 1.165) is 12.8 Å². The molecule has 0 aromatic heterocycles. The third-order valence-electron chi connectivity index (χ3n) is 3.47. The van der Waals surface area contributed by atoms with E-state index in [1.54, 1.807) is 13.8 Å². The highest BCUT2D eigenvalue weighted by Crippen LogP contribution is 2.28. The van der Waals surface area contributed by atoms with Gasteiger partial charge in [-0.3, -0.25) is 4.79 Å². The van der Waals surface area contributed by atoms with Crippen molar-refractivity contribution in [3.05, 3.63) is 0 Å². The van der Waals surface area contributed by atoms with E-state index in [1.165, 1.54) is 4.90 Å². The number of nitrogens with zero attached hydrogens (tertiary/aromatic N) is 1. The molecule has 2 unspecified atom stereocenters. The predicted octanol–water partition coefficient (Wildman–Crippen LogP) is 0.289. The molecule has 0 spiro atoms. The maximum Gasteiger partial charge on any atom is 0.329 e. The summed E-state index contributed by atoms with van der Waals surface area (Å²) in [5, 5.41) is 11.9. The molecule has 4 N–H and O–H groups in total. The zero-order valence-electron chi connectivity index (χ0n) is 11.3. The average molecular weight is 271 g/mol. The summed E-state index contributed by atoms with van der Waals surface area (Å²) in [5.41, 5.74) is 3.87. The first-order chi connectivity index (χ1) is 8.77. The summed E-state index contributed by atoms with van der Waals surface area (Å²) in [4.78, 5) is 35.6. The Hall–Kier alpha value is -1.79. The Morgan fingerprint density at radius 2 is 2.05 bits per heavy atom. The SMILES string of the molecule is CC(CC(N)=O)NC(=O)N1CCCCC1(C)C(=O)O. The molecular formula is C12H21N3O4. The number of piperidine rings is 1. The third-order valence-corrected chi connectivity index (χ3v) is 3.47. The summed E-state index contributed by atoms with van der Waals surface area (Å²) in [6.45, 7) is 3.61. The van der Waals surface area contributed by atoms with E-state index in [-0.39, 0.29) is 6.42 Å². The van der Waals surface area contributed by atoms with Crippen LogP contribution in [0.4, 0.5) is 4.79 Å². The van der Waals surface area contributed by atoms with Crippen LogP contribution < -0.4 is 11.1 Å². The molecule has 19 heavy (non-hydrogen) atoms. The van der Waals surface area contributed by atoms with Crippen molar-refractivity contribution < 1.29 is 19.5 Å². The van der Waals surface area contributed by atoms with E-state index < -0.39 is 29.5 Å². The van der Waals surface area contributed by atoms with E-state index in [2.05, 4.69) is 5.32 Å². The number of carbonyl (C=O) groups is 3. The largest absolute Gasteiger partial charge is 0.480 e. The molecule has 0 aromatic rings. The highest BCUT2D eigenvalue weighted by Gasteiger charge is 2.44. The molecule has 0 bridgehead atoms. The van der Waals surface area contributed by atoms with Crippen molar-refractivity contribution >= 4 is 17.9 Å². The number of carbonyl (C=O) groups excluding carboxylic acids is 2. The summed E-state index contributed by atoms with van der Waals surface area (Å²) in [6, 6.07) is -0.872. The minimum absolute atomic E-state index is 0.0311. The van der Waals surface area contributed by atoms with Crippen LogP contribution in [-0.2, 0) is 9.59 Å². The second-order valence-electron chi connectivity index (χ2n) is 5.21. The Balaban J connectivity index is 2.73. The smallest absolute Gasteiger partial charge is 0.329 e. The lowest BCUT2D eigenvalue weighted by Gasteiger charge is -2.41. The normalized spacial score (nSPS) is 24.6. The van der Waals surface area contributed by atoms with Crippen LogP contribution in [-0.4, -0.2) is 46.0 Å². The molecule has 0 aliphatic carbocycles. The number of hydrogen-bond acceptors (Lipinski definition) is 3. The van der Waals surface area contributed by atoms with Gasteiger partial charge in [-0.1, -0.05) is 0 Å². The number of amides is 3. The first kappa shape index (κ1) is 15.3. The van der Waals surface area contributed by atoms with Crippen molar-refractivity contribution in [3.8, 4) is 0 Å². The van der Waals surface area contributed by atoms with Gasteiger partial charge in [-0.05, 0) is 33.1 Å². The summed E-state index contributed by atoms with van der Waals surface area (Å²) in [6.07, 6.45) is 2.02. The molecule has 1 heterocycles. The maximum absolute atomic E-state index is 12.1. The second-order valence-corrected chi connectivity index (χ2v) is 5.21. The van der Waals surface area contributed by atoms with Gasteiger partial charge in [0.05, 0.1) is 0 Å². The van der Waals surface area contributed by atoms with Gasteiger partial charge in [0.1, 0.15) is 5.54 Å². The van der Waals surface area contributed by atoms with Crippen molar-refractivity contribution in [2.24, 2.45) is 5.73 Å². The number of nitrogens with one attached hydrogen (secondary N) is 1. The van der Waals surface area contributed by atoms with Crippen LogP contribution in [0.1, 0.15) is 39.5 Å². The van der Waals surface area contributed by atoms with Gasteiger partial charge < -0.3 is 21.1 Å². The molecule has 7 nitrogen and oxygen atoms in total. The van der Waals surface area contributed by atoms with E-state index in [0.29, 0.717) is 13.0 Å². The highest BCUT2D eigenvalue weighted by atomic mass is 16.4.